The number of esters is 1. The fourth-order valence-corrected chi connectivity index (χ4v) is 0.953. The van der Waals surface area contributed by atoms with E-state index in [0.717, 1.165) is 12.8 Å². The molecule has 1 unspecified atom stereocenters. The standard InChI is InChI=1S/C8H16O3/c1-5-6-8(3,10-4)11-7(2)9/h5-6H2,1-4H3. The molecule has 0 amide bonds. The summed E-state index contributed by atoms with van der Waals surface area (Å²) in [5, 5.41) is 0. The molecule has 0 aliphatic carbocycles. The summed E-state index contributed by atoms with van der Waals surface area (Å²) in [6.07, 6.45) is 1.65. The van der Waals surface area contributed by atoms with Crippen molar-refractivity contribution in [2.24, 2.45) is 0 Å². The number of hydrogen-bond acceptors (Lipinski definition) is 3. The van der Waals surface area contributed by atoms with Crippen LogP contribution in [0.15, 0.2) is 0 Å². The highest BCUT2D eigenvalue weighted by Crippen LogP contribution is 2.17. The summed E-state index contributed by atoms with van der Waals surface area (Å²) >= 11 is 0. The van der Waals surface area contributed by atoms with Crippen molar-refractivity contribution in [1.82, 2.24) is 0 Å². The van der Waals surface area contributed by atoms with E-state index in [4.69, 9.17) is 9.47 Å². The Morgan fingerprint density at radius 1 is 1.55 bits per heavy atom. The molecule has 0 spiro atoms. The summed E-state index contributed by atoms with van der Waals surface area (Å²) in [6.45, 7) is 5.16. The smallest absolute Gasteiger partial charge is 0.305 e. The Bertz CT molecular complexity index is 133. The Morgan fingerprint density at radius 2 is 2.09 bits per heavy atom. The van der Waals surface area contributed by atoms with E-state index in [9.17, 15) is 4.79 Å². The van der Waals surface area contributed by atoms with Crippen LogP contribution in [-0.2, 0) is 14.3 Å². The van der Waals surface area contributed by atoms with Crippen LogP contribution >= 0.6 is 0 Å². The van der Waals surface area contributed by atoms with Crippen LogP contribution in [0.1, 0.15) is 33.6 Å². The molecule has 3 nitrogen and oxygen atoms in total. The van der Waals surface area contributed by atoms with E-state index < -0.39 is 5.79 Å². The molecule has 0 fully saturated rings. The molecule has 0 aromatic heterocycles. The van der Waals surface area contributed by atoms with Gasteiger partial charge in [-0.3, -0.25) is 4.79 Å². The van der Waals surface area contributed by atoms with Gasteiger partial charge in [-0.1, -0.05) is 6.92 Å². The van der Waals surface area contributed by atoms with E-state index in [1.807, 2.05) is 6.92 Å². The Balaban J connectivity index is 3.98. The highest BCUT2D eigenvalue weighted by molar-refractivity contribution is 5.66. The lowest BCUT2D eigenvalue weighted by molar-refractivity contribution is -0.214. The van der Waals surface area contributed by atoms with E-state index in [2.05, 4.69) is 0 Å². The van der Waals surface area contributed by atoms with Crippen LogP contribution in [0.5, 0.6) is 0 Å². The zero-order chi connectivity index (χ0) is 8.91. The molecule has 1 atom stereocenters. The summed E-state index contributed by atoms with van der Waals surface area (Å²) < 4.78 is 10.0. The Morgan fingerprint density at radius 3 is 2.36 bits per heavy atom. The maximum absolute atomic E-state index is 10.6. The Kier molecular flexibility index (Phi) is 4.11. The van der Waals surface area contributed by atoms with Gasteiger partial charge in [0.05, 0.1) is 0 Å². The minimum absolute atomic E-state index is 0.303. The summed E-state index contributed by atoms with van der Waals surface area (Å²) in [4.78, 5) is 10.6. The van der Waals surface area contributed by atoms with Crippen LogP contribution in [0.3, 0.4) is 0 Å². The lowest BCUT2D eigenvalue weighted by atomic mass is 10.2. The molecule has 0 aromatic carbocycles. The van der Waals surface area contributed by atoms with Gasteiger partial charge in [0.2, 0.25) is 5.79 Å². The van der Waals surface area contributed by atoms with E-state index >= 15 is 0 Å². The Hall–Kier alpha value is -0.570. The first-order valence-electron chi connectivity index (χ1n) is 3.79. The van der Waals surface area contributed by atoms with Crippen molar-refractivity contribution in [3.8, 4) is 0 Å². The van der Waals surface area contributed by atoms with Crippen LogP contribution < -0.4 is 0 Å². The van der Waals surface area contributed by atoms with Gasteiger partial charge in [-0.15, -0.1) is 0 Å². The van der Waals surface area contributed by atoms with Crippen molar-refractivity contribution >= 4 is 5.97 Å². The fraction of sp³-hybridized carbons (Fsp3) is 0.875. The highest BCUT2D eigenvalue weighted by atomic mass is 16.7. The van der Waals surface area contributed by atoms with Crippen molar-refractivity contribution in [3.63, 3.8) is 0 Å². The van der Waals surface area contributed by atoms with Crippen LogP contribution in [0.25, 0.3) is 0 Å². The molecule has 0 rings (SSSR count). The molecule has 0 saturated carbocycles. The second kappa shape index (κ2) is 4.34. The SMILES string of the molecule is CCCC(C)(OC)OC(C)=O. The maximum Gasteiger partial charge on any atom is 0.305 e. The monoisotopic (exact) mass is 160 g/mol. The van der Waals surface area contributed by atoms with Gasteiger partial charge < -0.3 is 9.47 Å². The zero-order valence-electron chi connectivity index (χ0n) is 7.64. The summed E-state index contributed by atoms with van der Waals surface area (Å²) in [6, 6.07) is 0. The molecule has 0 radical (unpaired) electrons. The predicted octanol–water partition coefficient (Wildman–Crippen LogP) is 1.71. The lowest BCUT2D eigenvalue weighted by Gasteiger charge is -2.26. The summed E-state index contributed by atoms with van der Waals surface area (Å²) in [7, 11) is 1.54. The van der Waals surface area contributed by atoms with Gasteiger partial charge >= 0.3 is 5.97 Å². The normalized spacial score (nSPS) is 15.6. The first-order chi connectivity index (χ1) is 5.04. The van der Waals surface area contributed by atoms with Gasteiger partial charge in [0.15, 0.2) is 0 Å². The van der Waals surface area contributed by atoms with Crippen LogP contribution in [0, 0.1) is 0 Å². The van der Waals surface area contributed by atoms with Crippen LogP contribution in [-0.4, -0.2) is 18.9 Å². The number of methoxy groups -OCH3 is 1. The topological polar surface area (TPSA) is 35.5 Å². The second-order valence-corrected chi connectivity index (χ2v) is 2.68. The minimum atomic E-state index is -0.736. The minimum Gasteiger partial charge on any atom is -0.434 e. The van der Waals surface area contributed by atoms with E-state index in [0.29, 0.717) is 0 Å². The number of rotatable bonds is 4. The van der Waals surface area contributed by atoms with Gasteiger partial charge in [0.25, 0.3) is 0 Å². The molecule has 3 heteroatoms. The van der Waals surface area contributed by atoms with Crippen molar-refractivity contribution in [1.29, 1.82) is 0 Å². The van der Waals surface area contributed by atoms with Crippen LogP contribution in [0.2, 0.25) is 0 Å². The molecule has 0 bridgehead atoms. The number of carbonyl (C=O) groups excluding carboxylic acids is 1. The summed E-state index contributed by atoms with van der Waals surface area (Å²) in [5.74, 6) is -1.04. The molecular weight excluding hydrogens is 144 g/mol. The van der Waals surface area contributed by atoms with E-state index in [1.54, 1.807) is 14.0 Å². The third kappa shape index (κ3) is 3.98. The van der Waals surface area contributed by atoms with Gasteiger partial charge in [-0.2, -0.15) is 0 Å². The quantitative estimate of drug-likeness (QED) is 0.464. The van der Waals surface area contributed by atoms with Gasteiger partial charge in [0.1, 0.15) is 0 Å². The van der Waals surface area contributed by atoms with Gasteiger partial charge in [-0.25, -0.2) is 0 Å². The molecule has 0 aliphatic heterocycles. The molecular formula is C8H16O3. The third-order valence-electron chi connectivity index (χ3n) is 1.50. The molecule has 0 heterocycles. The average molecular weight is 160 g/mol. The number of hydrogen-bond donors (Lipinski definition) is 0. The largest absolute Gasteiger partial charge is 0.434 e. The maximum atomic E-state index is 10.6. The van der Waals surface area contributed by atoms with Crippen molar-refractivity contribution in [2.45, 2.75) is 39.4 Å². The average Bonchev–Trinajstić information content (AvgIpc) is 1.87. The number of ether oxygens (including phenoxy) is 2. The third-order valence-corrected chi connectivity index (χ3v) is 1.50. The molecule has 0 saturated heterocycles. The summed E-state index contributed by atoms with van der Waals surface area (Å²) in [5.41, 5.74) is 0. The first-order valence-corrected chi connectivity index (χ1v) is 3.79. The molecule has 0 aromatic rings. The second-order valence-electron chi connectivity index (χ2n) is 2.68. The molecule has 11 heavy (non-hydrogen) atoms. The fourth-order valence-electron chi connectivity index (χ4n) is 0.953. The van der Waals surface area contributed by atoms with E-state index in [-0.39, 0.29) is 5.97 Å². The Labute approximate surface area is 67.7 Å². The molecule has 66 valence electrons. The van der Waals surface area contributed by atoms with Gasteiger partial charge in [0, 0.05) is 27.4 Å². The highest BCUT2D eigenvalue weighted by Gasteiger charge is 2.25. The first kappa shape index (κ1) is 10.4. The van der Waals surface area contributed by atoms with Crippen molar-refractivity contribution < 1.29 is 14.3 Å². The molecule has 0 aliphatic rings. The van der Waals surface area contributed by atoms with E-state index in [1.165, 1.54) is 6.92 Å². The van der Waals surface area contributed by atoms with Crippen LogP contribution in [0.4, 0.5) is 0 Å². The lowest BCUT2D eigenvalue weighted by Crippen LogP contribution is -2.32. The molecule has 0 N–H and O–H groups in total. The predicted molar refractivity (Wildman–Crippen MR) is 42.1 cm³/mol. The van der Waals surface area contributed by atoms with Crippen molar-refractivity contribution in [3.05, 3.63) is 0 Å². The van der Waals surface area contributed by atoms with Gasteiger partial charge in [-0.05, 0) is 6.42 Å². The zero-order valence-corrected chi connectivity index (χ0v) is 7.64. The van der Waals surface area contributed by atoms with Crippen molar-refractivity contribution in [2.75, 3.05) is 7.11 Å². The number of carbonyl (C=O) groups is 1.